The number of aliphatic hydroxyl groups excluding tert-OH is 1. The van der Waals surface area contributed by atoms with E-state index in [9.17, 15) is 5.11 Å². The summed E-state index contributed by atoms with van der Waals surface area (Å²) in [6.07, 6.45) is -0.176. The Labute approximate surface area is 79.3 Å². The Bertz CT molecular complexity index is 176. The number of nitrogens with zero attached hydrogens (tertiary/aromatic N) is 1. The van der Waals surface area contributed by atoms with Crippen LogP contribution in [0.4, 0.5) is 0 Å². The second kappa shape index (κ2) is 3.92. The Morgan fingerprint density at radius 3 is 2.85 bits per heavy atom. The van der Waals surface area contributed by atoms with Gasteiger partial charge < -0.3 is 15.7 Å². The van der Waals surface area contributed by atoms with E-state index in [0.29, 0.717) is 12.1 Å². The summed E-state index contributed by atoms with van der Waals surface area (Å²) in [4.78, 5) is 2.39. The summed E-state index contributed by atoms with van der Waals surface area (Å²) in [5.74, 6) is 0. The normalized spacial score (nSPS) is 42.5. The minimum absolute atomic E-state index is 0.176. The van der Waals surface area contributed by atoms with Crippen LogP contribution >= 0.6 is 0 Å². The van der Waals surface area contributed by atoms with Crippen molar-refractivity contribution in [1.29, 1.82) is 0 Å². The van der Waals surface area contributed by atoms with Crippen LogP contribution in [0.3, 0.4) is 0 Å². The third-order valence-corrected chi connectivity index (χ3v) is 3.02. The van der Waals surface area contributed by atoms with Gasteiger partial charge in [-0.3, -0.25) is 4.90 Å². The first-order valence-electron chi connectivity index (χ1n) is 5.13. The first kappa shape index (κ1) is 9.40. The molecule has 2 fully saturated rings. The van der Waals surface area contributed by atoms with Crippen LogP contribution < -0.4 is 10.6 Å². The van der Waals surface area contributed by atoms with Crippen molar-refractivity contribution in [2.75, 3.05) is 32.7 Å². The first-order valence-corrected chi connectivity index (χ1v) is 5.13. The molecule has 2 aliphatic heterocycles. The summed E-state index contributed by atoms with van der Waals surface area (Å²) < 4.78 is 0. The van der Waals surface area contributed by atoms with Crippen molar-refractivity contribution in [1.82, 2.24) is 15.5 Å². The predicted octanol–water partition coefficient (Wildman–Crippen LogP) is -1.39. The molecule has 0 bridgehead atoms. The Morgan fingerprint density at radius 2 is 2.23 bits per heavy atom. The topological polar surface area (TPSA) is 47.5 Å². The molecule has 76 valence electrons. The second-order valence-corrected chi connectivity index (χ2v) is 4.14. The zero-order valence-corrected chi connectivity index (χ0v) is 8.16. The molecule has 3 N–H and O–H groups in total. The van der Waals surface area contributed by atoms with Crippen molar-refractivity contribution in [3.8, 4) is 0 Å². The van der Waals surface area contributed by atoms with E-state index >= 15 is 0 Å². The molecule has 0 aromatic rings. The van der Waals surface area contributed by atoms with Crippen LogP contribution in [-0.4, -0.2) is 60.9 Å². The molecule has 0 aliphatic carbocycles. The fraction of sp³-hybridized carbons (Fsp3) is 1.00. The van der Waals surface area contributed by atoms with Gasteiger partial charge in [0.15, 0.2) is 0 Å². The minimum Gasteiger partial charge on any atom is -0.390 e. The quantitative estimate of drug-likeness (QED) is 0.471. The standard InChI is InChI=1S/C9H19N3O/c1-7-6-12(3-2-11-7)8-4-10-5-9(8)13/h7-11,13H,2-6H2,1H3/t7?,8-,9-/m1/s1. The highest BCUT2D eigenvalue weighted by molar-refractivity contribution is 4.91. The van der Waals surface area contributed by atoms with E-state index in [2.05, 4.69) is 22.5 Å². The summed E-state index contributed by atoms with van der Waals surface area (Å²) >= 11 is 0. The molecule has 4 nitrogen and oxygen atoms in total. The Balaban J connectivity index is 1.91. The molecule has 0 aromatic heterocycles. The predicted molar refractivity (Wildman–Crippen MR) is 51.7 cm³/mol. The van der Waals surface area contributed by atoms with Gasteiger partial charge in [0, 0.05) is 44.8 Å². The van der Waals surface area contributed by atoms with Gasteiger partial charge in [0.1, 0.15) is 0 Å². The van der Waals surface area contributed by atoms with Crippen molar-refractivity contribution in [3.63, 3.8) is 0 Å². The lowest BCUT2D eigenvalue weighted by molar-refractivity contribution is 0.0654. The van der Waals surface area contributed by atoms with Crippen LogP contribution in [0.25, 0.3) is 0 Å². The number of nitrogens with one attached hydrogen (secondary N) is 2. The maximum Gasteiger partial charge on any atom is 0.0831 e. The molecule has 3 atom stereocenters. The lowest BCUT2D eigenvalue weighted by Gasteiger charge is -2.37. The molecule has 0 amide bonds. The van der Waals surface area contributed by atoms with Gasteiger partial charge in [0.2, 0.25) is 0 Å². The van der Waals surface area contributed by atoms with Crippen molar-refractivity contribution >= 4 is 0 Å². The van der Waals surface area contributed by atoms with Crippen LogP contribution in [0.15, 0.2) is 0 Å². The van der Waals surface area contributed by atoms with Crippen molar-refractivity contribution in [3.05, 3.63) is 0 Å². The largest absolute Gasteiger partial charge is 0.390 e. The van der Waals surface area contributed by atoms with Crippen LogP contribution in [0.1, 0.15) is 6.92 Å². The number of rotatable bonds is 1. The van der Waals surface area contributed by atoms with Gasteiger partial charge in [-0.05, 0) is 6.92 Å². The molecule has 0 saturated carbocycles. The summed E-state index contributed by atoms with van der Waals surface area (Å²) in [6, 6.07) is 0.895. The molecule has 2 aliphatic rings. The number of aliphatic hydroxyl groups is 1. The van der Waals surface area contributed by atoms with Crippen LogP contribution in [0.5, 0.6) is 0 Å². The molecule has 2 saturated heterocycles. The van der Waals surface area contributed by atoms with Gasteiger partial charge >= 0.3 is 0 Å². The highest BCUT2D eigenvalue weighted by Crippen LogP contribution is 2.11. The van der Waals surface area contributed by atoms with Gasteiger partial charge in [-0.15, -0.1) is 0 Å². The Morgan fingerprint density at radius 1 is 1.38 bits per heavy atom. The van der Waals surface area contributed by atoms with Crippen LogP contribution in [0, 0.1) is 0 Å². The molecule has 0 radical (unpaired) electrons. The van der Waals surface area contributed by atoms with Gasteiger partial charge in [-0.25, -0.2) is 0 Å². The van der Waals surface area contributed by atoms with E-state index in [1.165, 1.54) is 0 Å². The minimum atomic E-state index is -0.176. The Kier molecular flexibility index (Phi) is 2.83. The lowest BCUT2D eigenvalue weighted by atomic mass is 10.1. The summed E-state index contributed by atoms with van der Waals surface area (Å²) in [5, 5.41) is 16.3. The van der Waals surface area contributed by atoms with E-state index in [1.54, 1.807) is 0 Å². The van der Waals surface area contributed by atoms with E-state index < -0.39 is 0 Å². The number of piperazine rings is 1. The van der Waals surface area contributed by atoms with E-state index in [0.717, 1.165) is 32.7 Å². The SMILES string of the molecule is CC1CN([C@@H]2CNC[C@H]2O)CCN1. The van der Waals surface area contributed by atoms with E-state index in [4.69, 9.17) is 0 Å². The summed E-state index contributed by atoms with van der Waals surface area (Å²) in [6.45, 7) is 7.05. The Hall–Kier alpha value is -0.160. The number of hydrogen-bond donors (Lipinski definition) is 3. The molecule has 0 aromatic carbocycles. The fourth-order valence-electron chi connectivity index (χ4n) is 2.29. The third kappa shape index (κ3) is 2.02. The molecule has 13 heavy (non-hydrogen) atoms. The first-order chi connectivity index (χ1) is 6.27. The monoisotopic (exact) mass is 185 g/mol. The van der Waals surface area contributed by atoms with Gasteiger partial charge in [-0.1, -0.05) is 0 Å². The van der Waals surface area contributed by atoms with Gasteiger partial charge in [0.25, 0.3) is 0 Å². The molecule has 2 heterocycles. The molecule has 2 rings (SSSR count). The lowest BCUT2D eigenvalue weighted by Crippen LogP contribution is -2.55. The van der Waals surface area contributed by atoms with Gasteiger partial charge in [0.05, 0.1) is 6.10 Å². The number of hydrogen-bond acceptors (Lipinski definition) is 4. The zero-order chi connectivity index (χ0) is 9.26. The average Bonchev–Trinajstić information content (AvgIpc) is 2.51. The molecular weight excluding hydrogens is 166 g/mol. The highest BCUT2D eigenvalue weighted by Gasteiger charge is 2.32. The fourth-order valence-corrected chi connectivity index (χ4v) is 2.29. The van der Waals surface area contributed by atoms with Crippen LogP contribution in [0.2, 0.25) is 0 Å². The second-order valence-electron chi connectivity index (χ2n) is 4.14. The van der Waals surface area contributed by atoms with E-state index in [-0.39, 0.29) is 6.10 Å². The summed E-state index contributed by atoms with van der Waals surface area (Å²) in [5.41, 5.74) is 0. The molecular formula is C9H19N3O. The maximum atomic E-state index is 9.70. The number of β-amino-alcohol motifs (C(OH)–C–C–N with tert-alkyl or cyclic N) is 1. The molecule has 4 heteroatoms. The smallest absolute Gasteiger partial charge is 0.0831 e. The van der Waals surface area contributed by atoms with Crippen LogP contribution in [-0.2, 0) is 0 Å². The zero-order valence-electron chi connectivity index (χ0n) is 8.16. The van der Waals surface area contributed by atoms with Gasteiger partial charge in [-0.2, -0.15) is 0 Å². The third-order valence-electron chi connectivity index (χ3n) is 3.02. The van der Waals surface area contributed by atoms with E-state index in [1.807, 2.05) is 0 Å². The van der Waals surface area contributed by atoms with Crippen molar-refractivity contribution in [2.24, 2.45) is 0 Å². The van der Waals surface area contributed by atoms with Crippen molar-refractivity contribution in [2.45, 2.75) is 25.1 Å². The average molecular weight is 185 g/mol. The molecule has 1 unspecified atom stereocenters. The summed E-state index contributed by atoms with van der Waals surface area (Å²) in [7, 11) is 0. The van der Waals surface area contributed by atoms with Crippen molar-refractivity contribution < 1.29 is 5.11 Å². The molecule has 0 spiro atoms. The highest BCUT2D eigenvalue weighted by atomic mass is 16.3. The maximum absolute atomic E-state index is 9.70.